The lowest BCUT2D eigenvalue weighted by Gasteiger charge is -2.24. The molecule has 0 saturated heterocycles. The highest BCUT2D eigenvalue weighted by atomic mass is 28.4. The summed E-state index contributed by atoms with van der Waals surface area (Å²) in [6.45, 7) is 0. The molecule has 0 atom stereocenters. The summed E-state index contributed by atoms with van der Waals surface area (Å²) in [4.78, 5) is 24.0. The molecule has 0 radical (unpaired) electrons. The van der Waals surface area contributed by atoms with Gasteiger partial charge in [0, 0.05) is 10.4 Å². The van der Waals surface area contributed by atoms with Crippen molar-refractivity contribution < 1.29 is 9.59 Å². The van der Waals surface area contributed by atoms with E-state index in [2.05, 4.69) is 84.9 Å². The van der Waals surface area contributed by atoms with Crippen LogP contribution >= 0.6 is 0 Å². The first-order chi connectivity index (χ1) is 17.1. The van der Waals surface area contributed by atoms with Crippen LogP contribution in [0.1, 0.15) is 0 Å². The Kier molecular flexibility index (Phi) is 3.61. The summed E-state index contributed by atoms with van der Waals surface area (Å²) < 4.78 is 0. The molecule has 0 aliphatic rings. The van der Waals surface area contributed by atoms with E-state index in [-0.39, 0.29) is 0 Å². The van der Waals surface area contributed by atoms with E-state index in [4.69, 9.17) is 0 Å². The van der Waals surface area contributed by atoms with Gasteiger partial charge in [0.05, 0.1) is 0 Å². The topological polar surface area (TPSA) is 40.5 Å². The largest absolute Gasteiger partial charge is 0.404 e. The highest BCUT2D eigenvalue weighted by Crippen LogP contribution is 2.36. The van der Waals surface area contributed by atoms with E-state index in [1.807, 2.05) is 24.3 Å². The van der Waals surface area contributed by atoms with Crippen molar-refractivity contribution in [3.05, 3.63) is 109 Å². The molecule has 0 bridgehead atoms. The predicted octanol–water partition coefficient (Wildman–Crippen LogP) is 6.02. The first kappa shape index (κ1) is 19.3. The lowest BCUT2D eigenvalue weighted by Crippen LogP contribution is -2.59. The smallest absolute Gasteiger partial charge is 0.402 e. The molecule has 0 aliphatic carbocycles. The van der Waals surface area contributed by atoms with Crippen molar-refractivity contribution in [2.75, 3.05) is 0 Å². The molecule has 2 nitrogen and oxygen atoms in total. The molecule has 3 heteroatoms. The van der Waals surface area contributed by atoms with Crippen LogP contribution in [0.3, 0.4) is 0 Å². The molecule has 35 heavy (non-hydrogen) atoms. The van der Waals surface area contributed by atoms with Crippen molar-refractivity contribution in [1.82, 2.24) is 0 Å². The highest BCUT2D eigenvalue weighted by molar-refractivity contribution is 6.93. The molecular formula is C32H20O2Si. The SMILES string of the molecule is O[Si](O)(c1ccc2ccc3cccc4ccc1c2c34)c1ccc2ccc3cccc4ccc1c2c34. The fraction of sp³-hybridized carbons (Fsp3) is 0. The number of hydrogen-bond acceptors (Lipinski definition) is 2. The quantitative estimate of drug-likeness (QED) is 0.243. The molecule has 0 saturated carbocycles. The maximum atomic E-state index is 12.0. The van der Waals surface area contributed by atoms with Crippen molar-refractivity contribution in [3.63, 3.8) is 0 Å². The average molecular weight is 465 g/mol. The Bertz CT molecular complexity index is 1910. The monoisotopic (exact) mass is 464 g/mol. The van der Waals surface area contributed by atoms with E-state index < -0.39 is 8.56 Å². The molecule has 0 fully saturated rings. The Morgan fingerprint density at radius 2 is 0.657 bits per heavy atom. The Morgan fingerprint density at radius 3 is 1.06 bits per heavy atom. The Balaban J connectivity index is 1.48. The van der Waals surface area contributed by atoms with E-state index in [1.165, 1.54) is 32.3 Å². The summed E-state index contributed by atoms with van der Waals surface area (Å²) in [6, 6.07) is 37.4. The fourth-order valence-corrected chi connectivity index (χ4v) is 8.31. The van der Waals surface area contributed by atoms with Crippen LogP contribution in [-0.2, 0) is 0 Å². The van der Waals surface area contributed by atoms with Crippen LogP contribution in [0.2, 0.25) is 0 Å². The molecule has 0 aliphatic heterocycles. The first-order valence-corrected chi connectivity index (χ1v) is 13.8. The van der Waals surface area contributed by atoms with Gasteiger partial charge in [-0.15, -0.1) is 0 Å². The van der Waals surface area contributed by atoms with Crippen LogP contribution in [0.15, 0.2) is 109 Å². The summed E-state index contributed by atoms with van der Waals surface area (Å²) in [6.07, 6.45) is 0. The van der Waals surface area contributed by atoms with E-state index in [0.717, 1.165) is 32.3 Å². The van der Waals surface area contributed by atoms with Crippen molar-refractivity contribution in [2.24, 2.45) is 0 Å². The lowest BCUT2D eigenvalue weighted by atomic mass is 9.94. The average Bonchev–Trinajstić information content (AvgIpc) is 2.90. The molecule has 8 aromatic rings. The van der Waals surface area contributed by atoms with Gasteiger partial charge in [0.1, 0.15) is 0 Å². The van der Waals surface area contributed by atoms with Gasteiger partial charge in [-0.3, -0.25) is 0 Å². The Hall–Kier alpha value is -4.02. The Labute approximate surface area is 202 Å². The molecule has 0 unspecified atom stereocenters. The molecule has 8 aromatic carbocycles. The third-order valence-electron chi connectivity index (χ3n) is 7.81. The summed E-state index contributed by atoms with van der Waals surface area (Å²) in [5, 5.41) is 14.6. The van der Waals surface area contributed by atoms with Crippen LogP contribution in [0, 0.1) is 0 Å². The Morgan fingerprint density at radius 1 is 0.343 bits per heavy atom. The first-order valence-electron chi connectivity index (χ1n) is 11.9. The van der Waals surface area contributed by atoms with Gasteiger partial charge in [0.25, 0.3) is 0 Å². The van der Waals surface area contributed by atoms with Gasteiger partial charge in [-0.2, -0.15) is 0 Å². The van der Waals surface area contributed by atoms with Crippen LogP contribution in [0.25, 0.3) is 64.6 Å². The minimum Gasteiger partial charge on any atom is -0.404 e. The maximum absolute atomic E-state index is 12.0. The predicted molar refractivity (Wildman–Crippen MR) is 150 cm³/mol. The normalized spacial score (nSPS) is 12.9. The van der Waals surface area contributed by atoms with Crippen LogP contribution in [0.4, 0.5) is 0 Å². The van der Waals surface area contributed by atoms with Crippen LogP contribution in [0.5, 0.6) is 0 Å². The van der Waals surface area contributed by atoms with Crippen molar-refractivity contribution in [1.29, 1.82) is 0 Å². The standard InChI is InChI=1S/C32H20O2Si/c33-35(34,27-17-13-23-9-7-19-3-1-5-21-11-15-25(27)31(23)29(19)21)28-18-14-24-10-8-20-4-2-6-22-12-16-26(28)32(24)30(20)22/h1-18,33-34H. The molecule has 0 aromatic heterocycles. The number of rotatable bonds is 2. The minimum absolute atomic E-state index is 0.637. The zero-order valence-electron chi connectivity index (χ0n) is 18.8. The second kappa shape index (κ2) is 6.55. The van der Waals surface area contributed by atoms with Gasteiger partial charge in [0.2, 0.25) is 0 Å². The van der Waals surface area contributed by atoms with Gasteiger partial charge in [0.15, 0.2) is 0 Å². The molecule has 2 N–H and O–H groups in total. The third-order valence-corrected chi connectivity index (χ3v) is 10.2. The summed E-state index contributed by atoms with van der Waals surface area (Å²) in [7, 11) is -4.04. The molecule has 0 heterocycles. The van der Waals surface area contributed by atoms with Crippen LogP contribution in [-0.4, -0.2) is 18.2 Å². The molecule has 164 valence electrons. The summed E-state index contributed by atoms with van der Waals surface area (Å²) >= 11 is 0. The fourth-order valence-electron chi connectivity index (χ4n) is 6.22. The summed E-state index contributed by atoms with van der Waals surface area (Å²) in [5.74, 6) is 0. The van der Waals surface area contributed by atoms with Crippen molar-refractivity contribution in [2.45, 2.75) is 0 Å². The van der Waals surface area contributed by atoms with E-state index >= 15 is 0 Å². The van der Waals surface area contributed by atoms with E-state index in [1.54, 1.807) is 0 Å². The van der Waals surface area contributed by atoms with Crippen LogP contribution < -0.4 is 10.4 Å². The minimum atomic E-state index is -4.04. The summed E-state index contributed by atoms with van der Waals surface area (Å²) in [5.41, 5.74) is 0. The number of benzene rings is 8. The molecule has 0 amide bonds. The second-order valence-electron chi connectivity index (χ2n) is 9.61. The zero-order valence-corrected chi connectivity index (χ0v) is 19.8. The lowest BCUT2D eigenvalue weighted by molar-refractivity contribution is 0.402. The van der Waals surface area contributed by atoms with Gasteiger partial charge in [-0.05, 0) is 64.6 Å². The van der Waals surface area contributed by atoms with Gasteiger partial charge in [-0.1, -0.05) is 109 Å². The maximum Gasteiger partial charge on any atom is 0.402 e. The zero-order chi connectivity index (χ0) is 23.3. The second-order valence-corrected chi connectivity index (χ2v) is 12.0. The van der Waals surface area contributed by atoms with Crippen molar-refractivity contribution >= 4 is 83.6 Å². The van der Waals surface area contributed by atoms with E-state index in [0.29, 0.717) is 10.4 Å². The van der Waals surface area contributed by atoms with Gasteiger partial charge in [-0.25, -0.2) is 0 Å². The molecular weight excluding hydrogens is 444 g/mol. The molecule has 8 rings (SSSR count). The third kappa shape index (κ3) is 2.44. The number of hydrogen-bond donors (Lipinski definition) is 2. The van der Waals surface area contributed by atoms with Gasteiger partial charge >= 0.3 is 8.56 Å². The van der Waals surface area contributed by atoms with E-state index in [9.17, 15) is 9.59 Å². The van der Waals surface area contributed by atoms with Gasteiger partial charge < -0.3 is 9.59 Å². The molecule has 0 spiro atoms. The highest BCUT2D eigenvalue weighted by Gasteiger charge is 2.38. The van der Waals surface area contributed by atoms with Crippen molar-refractivity contribution in [3.8, 4) is 0 Å².